The van der Waals surface area contributed by atoms with Gasteiger partial charge in [0.1, 0.15) is 6.04 Å². The van der Waals surface area contributed by atoms with Crippen LogP contribution < -0.4 is 11.1 Å². The predicted molar refractivity (Wildman–Crippen MR) is 44.9 cm³/mol. The first kappa shape index (κ1) is 11.9. The molecule has 6 heteroatoms. The van der Waals surface area contributed by atoms with Crippen LogP contribution in [0.1, 0.15) is 12.8 Å². The van der Waals surface area contributed by atoms with E-state index in [0.29, 0.717) is 19.4 Å². The summed E-state index contributed by atoms with van der Waals surface area (Å²) in [7, 11) is 0. The lowest BCUT2D eigenvalue weighted by Crippen LogP contribution is -2.32. The highest BCUT2D eigenvalue weighted by Gasteiger charge is 2.26. The molecule has 1 rings (SSSR count). The maximum atomic E-state index is 10.4. The lowest BCUT2D eigenvalue weighted by molar-refractivity contribution is -0.140. The van der Waals surface area contributed by atoms with Crippen LogP contribution in [0.2, 0.25) is 0 Å². The second kappa shape index (κ2) is 6.38. The summed E-state index contributed by atoms with van der Waals surface area (Å²) in [4.78, 5) is 20.5. The Bertz CT molecular complexity index is 181. The fourth-order valence-corrected chi connectivity index (χ4v) is 0.799. The first-order valence-electron chi connectivity index (χ1n) is 3.95. The van der Waals surface area contributed by atoms with Gasteiger partial charge in [0.05, 0.1) is 6.61 Å². The van der Waals surface area contributed by atoms with Crippen molar-refractivity contribution >= 4 is 11.9 Å². The summed E-state index contributed by atoms with van der Waals surface area (Å²) < 4.78 is 0. The molecule has 0 aromatic carbocycles. The molecule has 0 spiro atoms. The molecule has 0 bridgehead atoms. The van der Waals surface area contributed by atoms with Gasteiger partial charge in [-0.15, -0.1) is 0 Å². The van der Waals surface area contributed by atoms with Crippen LogP contribution in [0.4, 0.5) is 0 Å². The van der Waals surface area contributed by atoms with E-state index in [4.69, 9.17) is 15.9 Å². The van der Waals surface area contributed by atoms with Gasteiger partial charge in [0.2, 0.25) is 5.91 Å². The van der Waals surface area contributed by atoms with Crippen molar-refractivity contribution in [2.24, 2.45) is 5.73 Å². The number of amides is 1. The highest BCUT2D eigenvalue weighted by atomic mass is 16.4. The van der Waals surface area contributed by atoms with Crippen molar-refractivity contribution in [2.45, 2.75) is 18.9 Å². The number of carboxylic acid groups (broad SMARTS) is 1. The van der Waals surface area contributed by atoms with Crippen LogP contribution in [0.25, 0.3) is 0 Å². The molecule has 5 N–H and O–H groups in total. The molecule has 1 heterocycles. The van der Waals surface area contributed by atoms with Crippen molar-refractivity contribution in [1.29, 1.82) is 0 Å². The van der Waals surface area contributed by atoms with Crippen molar-refractivity contribution in [3.63, 3.8) is 0 Å². The van der Waals surface area contributed by atoms with E-state index in [2.05, 4.69) is 5.32 Å². The summed E-state index contributed by atoms with van der Waals surface area (Å²) in [6, 6.07) is -0.641. The molecule has 1 saturated heterocycles. The standard InChI is InChI=1S/C5H7NO3.C2H7NO/c7-4-2-1-3(6-4)5(8)9;3-1-2-4/h3H,1-2H2,(H,6,7)(H,8,9);4H,1-3H2/t3-;/m0./s1. The van der Waals surface area contributed by atoms with E-state index >= 15 is 0 Å². The van der Waals surface area contributed by atoms with Gasteiger partial charge in [-0.2, -0.15) is 0 Å². The molecule has 0 aromatic rings. The lowest BCUT2D eigenvalue weighted by Gasteiger charge is -1.99. The van der Waals surface area contributed by atoms with Crippen molar-refractivity contribution < 1.29 is 19.8 Å². The summed E-state index contributed by atoms with van der Waals surface area (Å²) in [5, 5.41) is 18.4. The molecule has 6 nitrogen and oxygen atoms in total. The van der Waals surface area contributed by atoms with E-state index in [-0.39, 0.29) is 12.5 Å². The summed E-state index contributed by atoms with van der Waals surface area (Å²) in [5.41, 5.74) is 4.78. The van der Waals surface area contributed by atoms with Crippen LogP contribution in [0.15, 0.2) is 0 Å². The van der Waals surface area contributed by atoms with E-state index in [0.717, 1.165) is 0 Å². The Hall–Kier alpha value is -1.14. The second-order valence-electron chi connectivity index (χ2n) is 2.51. The third-order valence-corrected chi connectivity index (χ3v) is 1.42. The number of aliphatic hydroxyl groups is 1. The average molecular weight is 190 g/mol. The summed E-state index contributed by atoms with van der Waals surface area (Å²) in [5.74, 6) is -1.11. The van der Waals surface area contributed by atoms with Gasteiger partial charge >= 0.3 is 5.97 Å². The normalized spacial score (nSPS) is 20.2. The van der Waals surface area contributed by atoms with Crippen molar-refractivity contribution in [1.82, 2.24) is 5.32 Å². The van der Waals surface area contributed by atoms with E-state index in [1.54, 1.807) is 0 Å². The smallest absolute Gasteiger partial charge is 0.326 e. The number of carboxylic acids is 1. The molecule has 76 valence electrons. The molecular weight excluding hydrogens is 176 g/mol. The molecule has 0 aromatic heterocycles. The fraction of sp³-hybridized carbons (Fsp3) is 0.714. The van der Waals surface area contributed by atoms with Gasteiger partial charge in [-0.3, -0.25) is 4.79 Å². The van der Waals surface area contributed by atoms with Crippen LogP contribution >= 0.6 is 0 Å². The number of hydrogen-bond donors (Lipinski definition) is 4. The number of carbonyl (C=O) groups is 2. The molecule has 1 atom stereocenters. The third-order valence-electron chi connectivity index (χ3n) is 1.42. The Kier molecular flexibility index (Phi) is 5.82. The fourth-order valence-electron chi connectivity index (χ4n) is 0.799. The molecule has 0 radical (unpaired) electrons. The first-order valence-corrected chi connectivity index (χ1v) is 3.95. The van der Waals surface area contributed by atoms with Crippen molar-refractivity contribution in [2.75, 3.05) is 13.2 Å². The highest BCUT2D eigenvalue weighted by Crippen LogP contribution is 2.05. The predicted octanol–water partition coefficient (Wildman–Crippen LogP) is -1.71. The van der Waals surface area contributed by atoms with Gasteiger partial charge in [0, 0.05) is 13.0 Å². The molecular formula is C7H14N2O4. The minimum atomic E-state index is -0.944. The Morgan fingerprint density at radius 3 is 2.38 bits per heavy atom. The molecule has 0 unspecified atom stereocenters. The van der Waals surface area contributed by atoms with Gasteiger partial charge in [-0.05, 0) is 6.42 Å². The summed E-state index contributed by atoms with van der Waals surface area (Å²) in [6.45, 7) is 0.472. The maximum absolute atomic E-state index is 10.4. The Labute approximate surface area is 75.7 Å². The van der Waals surface area contributed by atoms with E-state index < -0.39 is 12.0 Å². The summed E-state index contributed by atoms with van der Waals surface area (Å²) >= 11 is 0. The van der Waals surface area contributed by atoms with Gasteiger partial charge in [0.15, 0.2) is 0 Å². The molecule has 0 saturated carbocycles. The van der Waals surface area contributed by atoms with Crippen molar-refractivity contribution in [3.8, 4) is 0 Å². The number of carbonyl (C=O) groups excluding carboxylic acids is 1. The number of nitrogens with two attached hydrogens (primary N) is 1. The van der Waals surface area contributed by atoms with E-state index in [9.17, 15) is 9.59 Å². The highest BCUT2D eigenvalue weighted by molar-refractivity contribution is 5.87. The number of hydrogen-bond acceptors (Lipinski definition) is 4. The van der Waals surface area contributed by atoms with E-state index in [1.807, 2.05) is 0 Å². The van der Waals surface area contributed by atoms with Gasteiger partial charge in [-0.1, -0.05) is 0 Å². The molecule has 1 amide bonds. The average Bonchev–Trinajstić information content (AvgIpc) is 2.52. The Balaban J connectivity index is 0.000000310. The zero-order valence-corrected chi connectivity index (χ0v) is 7.19. The van der Waals surface area contributed by atoms with Gasteiger partial charge in [0.25, 0.3) is 0 Å². The minimum Gasteiger partial charge on any atom is -0.480 e. The second-order valence-corrected chi connectivity index (χ2v) is 2.51. The number of rotatable bonds is 2. The van der Waals surface area contributed by atoms with Gasteiger partial charge < -0.3 is 21.3 Å². The van der Waals surface area contributed by atoms with Crippen LogP contribution in [0.3, 0.4) is 0 Å². The maximum Gasteiger partial charge on any atom is 0.326 e. The first-order chi connectivity index (χ1) is 6.11. The topological polar surface area (TPSA) is 113 Å². The SMILES string of the molecule is NCCO.O=C1CC[C@@H](C(=O)O)N1. The van der Waals surface area contributed by atoms with Crippen LogP contribution in [0.5, 0.6) is 0 Å². The Morgan fingerprint density at radius 2 is 2.23 bits per heavy atom. The van der Waals surface area contributed by atoms with Crippen LogP contribution in [0, 0.1) is 0 Å². The number of aliphatic carboxylic acids is 1. The van der Waals surface area contributed by atoms with Crippen molar-refractivity contribution in [3.05, 3.63) is 0 Å². The van der Waals surface area contributed by atoms with Crippen LogP contribution in [-0.2, 0) is 9.59 Å². The third kappa shape index (κ3) is 5.15. The quantitative estimate of drug-likeness (QED) is 0.414. The monoisotopic (exact) mass is 190 g/mol. The zero-order chi connectivity index (χ0) is 10.3. The molecule has 1 aliphatic rings. The van der Waals surface area contributed by atoms with Crippen LogP contribution in [-0.4, -0.2) is 41.3 Å². The largest absolute Gasteiger partial charge is 0.480 e. The molecule has 13 heavy (non-hydrogen) atoms. The number of aliphatic hydroxyl groups excluding tert-OH is 1. The number of nitrogens with one attached hydrogen (secondary N) is 1. The zero-order valence-electron chi connectivity index (χ0n) is 7.19. The summed E-state index contributed by atoms with van der Waals surface area (Å²) in [6.07, 6.45) is 0.769. The van der Waals surface area contributed by atoms with E-state index in [1.165, 1.54) is 0 Å². The Morgan fingerprint density at radius 1 is 1.69 bits per heavy atom. The lowest BCUT2D eigenvalue weighted by atomic mass is 10.2. The minimum absolute atomic E-state index is 0.0972. The van der Waals surface area contributed by atoms with Gasteiger partial charge in [-0.25, -0.2) is 4.79 Å². The molecule has 0 aliphatic carbocycles. The molecule has 1 aliphatic heterocycles. The molecule has 1 fully saturated rings.